The lowest BCUT2D eigenvalue weighted by molar-refractivity contribution is -0.118. The molecule has 1 heterocycles. The number of sulfonamides is 1. The summed E-state index contributed by atoms with van der Waals surface area (Å²) in [6.07, 6.45) is 0. The average molecular weight is 356 g/mol. The molecule has 1 unspecified atom stereocenters. The van der Waals surface area contributed by atoms with Crippen LogP contribution >= 0.6 is 11.3 Å². The third-order valence-corrected chi connectivity index (χ3v) is 5.92. The Morgan fingerprint density at radius 2 is 1.96 bits per heavy atom. The number of nitrogens with one attached hydrogen (secondary N) is 2. The first-order chi connectivity index (χ1) is 10.8. The summed E-state index contributed by atoms with van der Waals surface area (Å²) in [7, 11) is -3.77. The summed E-state index contributed by atoms with van der Waals surface area (Å²) in [5, 5.41) is 4.17. The van der Waals surface area contributed by atoms with Gasteiger partial charge in [0.2, 0.25) is 5.91 Å². The van der Waals surface area contributed by atoms with Gasteiger partial charge in [-0.1, -0.05) is 26.0 Å². The van der Waals surface area contributed by atoms with Crippen LogP contribution in [0.25, 0.3) is 0 Å². The fourth-order valence-corrected chi connectivity index (χ4v) is 4.27. The quantitative estimate of drug-likeness (QED) is 0.836. The molecule has 124 valence electrons. The predicted molar refractivity (Wildman–Crippen MR) is 88.3 cm³/mol. The topological polar surface area (TPSA) is 75.3 Å². The van der Waals surface area contributed by atoms with Crippen molar-refractivity contribution >= 4 is 33.0 Å². The molecule has 8 heteroatoms. The normalized spacial score (nSPS) is 13.0. The second-order valence-corrected chi connectivity index (χ2v) is 8.16. The largest absolute Gasteiger partial charge is 0.325 e. The number of benzene rings is 1. The summed E-state index contributed by atoms with van der Waals surface area (Å²) in [5.41, 5.74) is 0.274. The molecule has 1 aromatic carbocycles. The summed E-state index contributed by atoms with van der Waals surface area (Å²) >= 11 is 1.07. The Kier molecular flexibility index (Phi) is 5.51. The first-order valence-corrected chi connectivity index (χ1v) is 9.28. The molecular weight excluding hydrogens is 339 g/mol. The van der Waals surface area contributed by atoms with E-state index in [0.29, 0.717) is 0 Å². The fraction of sp³-hybridized carbons (Fsp3) is 0.267. The van der Waals surface area contributed by atoms with Crippen molar-refractivity contribution in [1.29, 1.82) is 0 Å². The number of thiophene rings is 1. The molecule has 0 saturated carbocycles. The second kappa shape index (κ2) is 7.20. The van der Waals surface area contributed by atoms with Gasteiger partial charge in [0.1, 0.15) is 16.1 Å². The molecule has 23 heavy (non-hydrogen) atoms. The van der Waals surface area contributed by atoms with E-state index < -0.39 is 27.8 Å². The minimum Gasteiger partial charge on any atom is -0.325 e. The Bertz CT molecular complexity index is 774. The van der Waals surface area contributed by atoms with Crippen LogP contribution in [0, 0.1) is 11.7 Å². The molecule has 2 N–H and O–H groups in total. The summed E-state index contributed by atoms with van der Waals surface area (Å²) in [6.45, 7) is 3.46. The number of carbonyl (C=O) groups excluding carboxylic acids is 1. The van der Waals surface area contributed by atoms with Crippen molar-refractivity contribution in [3.05, 3.63) is 47.6 Å². The van der Waals surface area contributed by atoms with Gasteiger partial charge in [0.15, 0.2) is 0 Å². The zero-order valence-electron chi connectivity index (χ0n) is 12.6. The number of rotatable bonds is 6. The Hall–Kier alpha value is -1.77. The third kappa shape index (κ3) is 4.60. The van der Waals surface area contributed by atoms with Crippen molar-refractivity contribution in [2.45, 2.75) is 24.1 Å². The molecule has 1 aromatic heterocycles. The Labute approximate surface area is 138 Å². The van der Waals surface area contributed by atoms with E-state index in [2.05, 4.69) is 10.0 Å². The van der Waals surface area contributed by atoms with Gasteiger partial charge in [-0.3, -0.25) is 4.79 Å². The van der Waals surface area contributed by atoms with Crippen LogP contribution in [0.4, 0.5) is 10.1 Å². The van der Waals surface area contributed by atoms with Gasteiger partial charge in [-0.05, 0) is 35.6 Å². The highest BCUT2D eigenvalue weighted by Gasteiger charge is 2.28. The minimum absolute atomic E-state index is 0.140. The molecule has 1 amide bonds. The lowest BCUT2D eigenvalue weighted by Crippen LogP contribution is -2.46. The highest BCUT2D eigenvalue weighted by molar-refractivity contribution is 7.91. The second-order valence-electron chi connectivity index (χ2n) is 5.27. The standard InChI is InChI=1S/C15H17FN2O3S2/c1-10(2)14(18-23(20,21)13-7-4-8-22-13)15(19)17-12-6-3-5-11(16)9-12/h3-10,14,18H,1-2H3,(H,17,19). The molecule has 5 nitrogen and oxygen atoms in total. The maximum absolute atomic E-state index is 13.2. The van der Waals surface area contributed by atoms with E-state index in [1.165, 1.54) is 30.3 Å². The van der Waals surface area contributed by atoms with Crippen molar-refractivity contribution in [1.82, 2.24) is 4.72 Å². The molecule has 2 aromatic rings. The molecule has 0 aliphatic rings. The highest BCUT2D eigenvalue weighted by Crippen LogP contribution is 2.18. The molecule has 0 saturated heterocycles. The summed E-state index contributed by atoms with van der Waals surface area (Å²) in [6, 6.07) is 7.55. The van der Waals surface area contributed by atoms with Gasteiger partial charge in [0, 0.05) is 5.69 Å². The molecule has 1 atom stereocenters. The maximum atomic E-state index is 13.2. The van der Waals surface area contributed by atoms with Gasteiger partial charge in [0.05, 0.1) is 0 Å². The van der Waals surface area contributed by atoms with Crippen molar-refractivity contribution in [2.24, 2.45) is 5.92 Å². The predicted octanol–water partition coefficient (Wildman–Crippen LogP) is 2.83. The molecular formula is C15H17FN2O3S2. The third-order valence-electron chi connectivity index (χ3n) is 3.08. The zero-order chi connectivity index (χ0) is 17.0. The number of hydrogen-bond acceptors (Lipinski definition) is 4. The van der Waals surface area contributed by atoms with Crippen molar-refractivity contribution < 1.29 is 17.6 Å². The van der Waals surface area contributed by atoms with Crippen molar-refractivity contribution in [2.75, 3.05) is 5.32 Å². The number of carbonyl (C=O) groups is 1. The Balaban J connectivity index is 2.17. The van der Waals surface area contributed by atoms with Crippen LogP contribution in [-0.4, -0.2) is 20.4 Å². The van der Waals surface area contributed by atoms with Crippen LogP contribution in [0.15, 0.2) is 46.0 Å². The van der Waals surface area contributed by atoms with Crippen molar-refractivity contribution in [3.8, 4) is 0 Å². The summed E-state index contributed by atoms with van der Waals surface area (Å²) < 4.78 is 40.3. The highest BCUT2D eigenvalue weighted by atomic mass is 32.2. The van der Waals surface area contributed by atoms with E-state index in [1.54, 1.807) is 25.3 Å². The molecule has 0 aliphatic heterocycles. The lowest BCUT2D eigenvalue weighted by Gasteiger charge is -2.21. The first-order valence-electron chi connectivity index (χ1n) is 6.92. The van der Waals surface area contributed by atoms with Gasteiger partial charge in [-0.15, -0.1) is 11.3 Å². The van der Waals surface area contributed by atoms with Crippen molar-refractivity contribution in [3.63, 3.8) is 0 Å². The van der Waals surface area contributed by atoms with Crippen LogP contribution < -0.4 is 10.0 Å². The SMILES string of the molecule is CC(C)C(NS(=O)(=O)c1cccs1)C(=O)Nc1cccc(F)c1. The van der Waals surface area contributed by atoms with Crippen LogP contribution in [0.5, 0.6) is 0 Å². The van der Waals surface area contributed by atoms with Gasteiger partial charge in [-0.2, -0.15) is 4.72 Å². The molecule has 0 bridgehead atoms. The molecule has 0 fully saturated rings. The minimum atomic E-state index is -3.77. The smallest absolute Gasteiger partial charge is 0.250 e. The van der Waals surface area contributed by atoms with Gasteiger partial charge >= 0.3 is 0 Å². The van der Waals surface area contributed by atoms with E-state index in [9.17, 15) is 17.6 Å². The lowest BCUT2D eigenvalue weighted by atomic mass is 10.0. The Morgan fingerprint density at radius 3 is 2.52 bits per heavy atom. The maximum Gasteiger partial charge on any atom is 0.250 e. The fourth-order valence-electron chi connectivity index (χ4n) is 1.92. The van der Waals surface area contributed by atoms with Crippen LogP contribution in [-0.2, 0) is 14.8 Å². The van der Waals surface area contributed by atoms with E-state index in [-0.39, 0.29) is 15.8 Å². The van der Waals surface area contributed by atoms with Gasteiger partial charge < -0.3 is 5.32 Å². The number of hydrogen-bond donors (Lipinski definition) is 2. The van der Waals surface area contributed by atoms with Gasteiger partial charge in [-0.25, -0.2) is 12.8 Å². The van der Waals surface area contributed by atoms with Crippen LogP contribution in [0.3, 0.4) is 0 Å². The van der Waals surface area contributed by atoms with Gasteiger partial charge in [0.25, 0.3) is 10.0 Å². The first kappa shape index (κ1) is 17.6. The van der Waals surface area contributed by atoms with Crippen LogP contribution in [0.2, 0.25) is 0 Å². The molecule has 0 aliphatic carbocycles. The molecule has 2 rings (SSSR count). The monoisotopic (exact) mass is 356 g/mol. The Morgan fingerprint density at radius 1 is 1.22 bits per heavy atom. The zero-order valence-corrected chi connectivity index (χ0v) is 14.2. The van der Waals surface area contributed by atoms with E-state index >= 15 is 0 Å². The summed E-state index contributed by atoms with van der Waals surface area (Å²) in [4.78, 5) is 12.4. The van der Waals surface area contributed by atoms with E-state index in [0.717, 1.165) is 11.3 Å². The number of amides is 1. The molecule has 0 spiro atoms. The summed E-state index contributed by atoms with van der Waals surface area (Å²) in [5.74, 6) is -1.30. The number of halogens is 1. The molecule has 0 radical (unpaired) electrons. The van der Waals surface area contributed by atoms with E-state index in [1.807, 2.05) is 0 Å². The average Bonchev–Trinajstić information content (AvgIpc) is 2.99. The van der Waals surface area contributed by atoms with Crippen LogP contribution in [0.1, 0.15) is 13.8 Å². The number of anilines is 1. The van der Waals surface area contributed by atoms with E-state index in [4.69, 9.17) is 0 Å².